The van der Waals surface area contributed by atoms with Crippen molar-refractivity contribution < 1.29 is 4.79 Å². The molecule has 0 aromatic heterocycles. The summed E-state index contributed by atoms with van der Waals surface area (Å²) in [4.78, 5) is 16.4. The van der Waals surface area contributed by atoms with Crippen LogP contribution in [0.2, 0.25) is 0 Å². The molecule has 0 unspecified atom stereocenters. The summed E-state index contributed by atoms with van der Waals surface area (Å²) in [5.74, 6) is 0.806. The molecule has 0 N–H and O–H groups in total. The van der Waals surface area contributed by atoms with Gasteiger partial charge in [-0.3, -0.25) is 0 Å². The largest absolute Gasteiger partial charge is 0.325 e. The van der Waals surface area contributed by atoms with Crippen molar-refractivity contribution in [3.63, 3.8) is 0 Å². The quantitative estimate of drug-likeness (QED) is 0.720. The molecule has 0 aromatic rings. The first-order chi connectivity index (χ1) is 7.81. The Balaban J connectivity index is 1.86. The maximum atomic E-state index is 12.3. The highest BCUT2D eigenvalue weighted by Crippen LogP contribution is 2.30. The molecule has 0 bridgehead atoms. The fraction of sp³-hybridized carbons (Fsp3) is 0.923. The number of carbonyl (C=O) groups is 1. The van der Waals surface area contributed by atoms with E-state index in [0.717, 1.165) is 38.5 Å². The minimum Gasteiger partial charge on any atom is -0.325 e. The molecule has 3 nitrogen and oxygen atoms in total. The van der Waals surface area contributed by atoms with Gasteiger partial charge >= 0.3 is 6.03 Å². The first-order valence-electron chi connectivity index (χ1n) is 6.85. The molecule has 0 spiro atoms. The van der Waals surface area contributed by atoms with E-state index < -0.39 is 0 Å². The summed E-state index contributed by atoms with van der Waals surface area (Å²) in [5, 5.41) is 0. The summed E-state index contributed by atoms with van der Waals surface area (Å²) >= 11 is 0. The topological polar surface area (TPSA) is 23.6 Å². The van der Waals surface area contributed by atoms with E-state index in [1.54, 1.807) is 0 Å². The van der Waals surface area contributed by atoms with Crippen LogP contribution in [0.1, 0.15) is 45.4 Å². The molecule has 1 heterocycles. The van der Waals surface area contributed by atoms with Gasteiger partial charge in [0.2, 0.25) is 0 Å². The fourth-order valence-electron chi connectivity index (χ4n) is 2.43. The zero-order valence-corrected chi connectivity index (χ0v) is 10.5. The third-order valence-corrected chi connectivity index (χ3v) is 3.57. The van der Waals surface area contributed by atoms with Crippen molar-refractivity contribution in [3.05, 3.63) is 0 Å². The van der Waals surface area contributed by atoms with Gasteiger partial charge in [-0.2, -0.15) is 0 Å². The van der Waals surface area contributed by atoms with Crippen LogP contribution in [0.4, 0.5) is 4.79 Å². The average molecular weight is 224 g/mol. The van der Waals surface area contributed by atoms with E-state index in [1.807, 2.05) is 0 Å². The van der Waals surface area contributed by atoms with Gasteiger partial charge in [0.15, 0.2) is 0 Å². The first kappa shape index (κ1) is 11.7. The second kappa shape index (κ2) is 5.55. The molecule has 1 saturated carbocycles. The minimum absolute atomic E-state index is 0.299. The summed E-state index contributed by atoms with van der Waals surface area (Å²) in [5.41, 5.74) is 0. The van der Waals surface area contributed by atoms with Crippen molar-refractivity contribution in [1.29, 1.82) is 0 Å². The Morgan fingerprint density at radius 2 is 1.94 bits per heavy atom. The standard InChI is InChI=1S/C13H24N2O/c1-2-8-15(11-12-6-7-12)13(16)14-9-4-3-5-10-14/h12H,2-11H2,1H3. The Labute approximate surface area is 98.8 Å². The van der Waals surface area contributed by atoms with Crippen molar-refractivity contribution in [3.8, 4) is 0 Å². The number of urea groups is 1. The van der Waals surface area contributed by atoms with Crippen LogP contribution in [-0.2, 0) is 0 Å². The molecule has 1 aliphatic carbocycles. The Kier molecular flexibility index (Phi) is 4.08. The van der Waals surface area contributed by atoms with Crippen molar-refractivity contribution in [2.45, 2.75) is 45.4 Å². The van der Waals surface area contributed by atoms with Crippen LogP contribution >= 0.6 is 0 Å². The minimum atomic E-state index is 0.299. The molecule has 0 aromatic carbocycles. The monoisotopic (exact) mass is 224 g/mol. The highest BCUT2D eigenvalue weighted by atomic mass is 16.2. The van der Waals surface area contributed by atoms with E-state index in [2.05, 4.69) is 16.7 Å². The van der Waals surface area contributed by atoms with E-state index in [-0.39, 0.29) is 0 Å². The summed E-state index contributed by atoms with van der Waals surface area (Å²) in [7, 11) is 0. The van der Waals surface area contributed by atoms with Gasteiger partial charge in [0.05, 0.1) is 0 Å². The van der Waals surface area contributed by atoms with Gasteiger partial charge in [0.25, 0.3) is 0 Å². The number of nitrogens with zero attached hydrogens (tertiary/aromatic N) is 2. The van der Waals surface area contributed by atoms with Gasteiger partial charge in [0, 0.05) is 26.2 Å². The normalized spacial score (nSPS) is 20.9. The first-order valence-corrected chi connectivity index (χ1v) is 6.85. The maximum absolute atomic E-state index is 12.3. The van der Waals surface area contributed by atoms with E-state index in [1.165, 1.54) is 32.1 Å². The zero-order valence-electron chi connectivity index (χ0n) is 10.5. The smallest absolute Gasteiger partial charge is 0.320 e. The molecule has 0 radical (unpaired) electrons. The lowest BCUT2D eigenvalue weighted by Gasteiger charge is -2.33. The molecule has 2 aliphatic rings. The Morgan fingerprint density at radius 3 is 2.50 bits per heavy atom. The van der Waals surface area contributed by atoms with Crippen LogP contribution in [-0.4, -0.2) is 42.0 Å². The number of rotatable bonds is 4. The molecule has 2 fully saturated rings. The van der Waals surface area contributed by atoms with Gasteiger partial charge in [-0.15, -0.1) is 0 Å². The van der Waals surface area contributed by atoms with Gasteiger partial charge < -0.3 is 9.80 Å². The van der Waals surface area contributed by atoms with Crippen molar-refractivity contribution >= 4 is 6.03 Å². The van der Waals surface area contributed by atoms with Gasteiger partial charge in [-0.25, -0.2) is 4.79 Å². The Hall–Kier alpha value is -0.730. The third-order valence-electron chi connectivity index (χ3n) is 3.57. The van der Waals surface area contributed by atoms with Crippen LogP contribution in [0.3, 0.4) is 0 Å². The van der Waals surface area contributed by atoms with E-state index >= 15 is 0 Å². The number of likely N-dealkylation sites (tertiary alicyclic amines) is 1. The summed E-state index contributed by atoms with van der Waals surface area (Å²) in [6, 6.07) is 0.299. The highest BCUT2D eigenvalue weighted by Gasteiger charge is 2.28. The van der Waals surface area contributed by atoms with Gasteiger partial charge in [-0.1, -0.05) is 6.92 Å². The molecule has 3 heteroatoms. The number of amides is 2. The molecule has 2 amide bonds. The number of carbonyl (C=O) groups excluding carboxylic acids is 1. The second-order valence-electron chi connectivity index (χ2n) is 5.22. The highest BCUT2D eigenvalue weighted by molar-refractivity contribution is 5.74. The second-order valence-corrected chi connectivity index (χ2v) is 5.22. The predicted molar refractivity (Wildman–Crippen MR) is 65.4 cm³/mol. The van der Waals surface area contributed by atoms with Crippen LogP contribution < -0.4 is 0 Å². The SMILES string of the molecule is CCCN(CC1CC1)C(=O)N1CCCCC1. The zero-order chi connectivity index (χ0) is 11.4. The maximum Gasteiger partial charge on any atom is 0.320 e. The number of hydrogen-bond acceptors (Lipinski definition) is 1. The molecule has 92 valence electrons. The van der Waals surface area contributed by atoms with Gasteiger partial charge in [-0.05, 0) is 44.4 Å². The summed E-state index contributed by atoms with van der Waals surface area (Å²) in [6.45, 7) is 6.05. The average Bonchev–Trinajstić information content (AvgIpc) is 3.13. The lowest BCUT2D eigenvalue weighted by atomic mass is 10.1. The van der Waals surface area contributed by atoms with E-state index in [4.69, 9.17) is 0 Å². The molecule has 0 atom stereocenters. The molecular weight excluding hydrogens is 200 g/mol. The fourth-order valence-corrected chi connectivity index (χ4v) is 2.43. The van der Waals surface area contributed by atoms with Crippen LogP contribution in [0.5, 0.6) is 0 Å². The molecule has 1 aliphatic heterocycles. The predicted octanol–water partition coefficient (Wildman–Crippen LogP) is 2.71. The lowest BCUT2D eigenvalue weighted by Crippen LogP contribution is -2.46. The van der Waals surface area contributed by atoms with Crippen LogP contribution in [0.25, 0.3) is 0 Å². The van der Waals surface area contributed by atoms with E-state index in [9.17, 15) is 4.79 Å². The number of hydrogen-bond donors (Lipinski definition) is 0. The van der Waals surface area contributed by atoms with Crippen molar-refractivity contribution in [2.75, 3.05) is 26.2 Å². The van der Waals surface area contributed by atoms with Gasteiger partial charge in [0.1, 0.15) is 0 Å². The van der Waals surface area contributed by atoms with Crippen molar-refractivity contribution in [1.82, 2.24) is 9.80 Å². The van der Waals surface area contributed by atoms with Crippen LogP contribution in [0, 0.1) is 5.92 Å². The molecular formula is C13H24N2O. The lowest BCUT2D eigenvalue weighted by molar-refractivity contribution is 0.141. The molecule has 1 saturated heterocycles. The summed E-state index contributed by atoms with van der Waals surface area (Å²) in [6.07, 6.45) is 7.40. The molecule has 16 heavy (non-hydrogen) atoms. The van der Waals surface area contributed by atoms with Crippen molar-refractivity contribution in [2.24, 2.45) is 5.92 Å². The Morgan fingerprint density at radius 1 is 1.25 bits per heavy atom. The Bertz CT molecular complexity index is 232. The summed E-state index contributed by atoms with van der Waals surface area (Å²) < 4.78 is 0. The van der Waals surface area contributed by atoms with Crippen LogP contribution in [0.15, 0.2) is 0 Å². The third kappa shape index (κ3) is 3.13. The number of piperidine rings is 1. The van der Waals surface area contributed by atoms with E-state index in [0.29, 0.717) is 6.03 Å². The molecule has 2 rings (SSSR count).